The van der Waals surface area contributed by atoms with Gasteiger partial charge in [-0.1, -0.05) is 42.5 Å². The molecule has 0 fully saturated rings. The van der Waals surface area contributed by atoms with Crippen molar-refractivity contribution in [1.29, 1.82) is 0 Å². The van der Waals surface area contributed by atoms with Crippen LogP contribution in [0.5, 0.6) is 0 Å². The predicted molar refractivity (Wildman–Crippen MR) is 142 cm³/mol. The van der Waals surface area contributed by atoms with Crippen molar-refractivity contribution in [3.8, 4) is 0 Å². The van der Waals surface area contributed by atoms with Gasteiger partial charge in [-0.3, -0.25) is 9.59 Å². The Morgan fingerprint density at radius 2 is 1.63 bits per heavy atom. The summed E-state index contributed by atoms with van der Waals surface area (Å²) in [6, 6.07) is 23.3. The van der Waals surface area contributed by atoms with Crippen LogP contribution in [0.2, 0.25) is 0 Å². The van der Waals surface area contributed by atoms with Crippen LogP contribution >= 0.6 is 0 Å². The van der Waals surface area contributed by atoms with Crippen molar-refractivity contribution in [2.75, 3.05) is 28.6 Å². The van der Waals surface area contributed by atoms with Gasteiger partial charge in [0.2, 0.25) is 0 Å². The van der Waals surface area contributed by atoms with E-state index in [2.05, 4.69) is 53.6 Å². The van der Waals surface area contributed by atoms with Crippen molar-refractivity contribution in [2.24, 2.45) is 0 Å². The first-order chi connectivity index (χ1) is 17.1. The lowest BCUT2D eigenvalue weighted by Gasteiger charge is -2.26. The van der Waals surface area contributed by atoms with Crippen molar-refractivity contribution in [2.45, 2.75) is 39.2 Å². The van der Waals surface area contributed by atoms with E-state index in [9.17, 15) is 9.59 Å². The van der Waals surface area contributed by atoms with Crippen LogP contribution < -0.4 is 15.5 Å². The number of nitrogens with one attached hydrogen (secondary N) is 2. The maximum Gasteiger partial charge on any atom is 0.193 e. The Bertz CT molecular complexity index is 1270. The van der Waals surface area contributed by atoms with E-state index in [1.807, 2.05) is 48.5 Å². The van der Waals surface area contributed by atoms with Crippen molar-refractivity contribution in [3.63, 3.8) is 0 Å². The maximum absolute atomic E-state index is 13.1. The van der Waals surface area contributed by atoms with Crippen LogP contribution in [-0.4, -0.2) is 24.7 Å². The molecule has 2 N–H and O–H groups in total. The average Bonchev–Trinajstić information content (AvgIpc) is 3.07. The molecule has 3 aromatic carbocycles. The molecule has 0 saturated heterocycles. The molecule has 5 nitrogen and oxygen atoms in total. The molecule has 0 bridgehead atoms. The van der Waals surface area contributed by atoms with Crippen LogP contribution in [0.25, 0.3) is 0 Å². The highest BCUT2D eigenvalue weighted by Gasteiger charge is 2.32. The van der Waals surface area contributed by atoms with E-state index >= 15 is 0 Å². The number of anilines is 3. The van der Waals surface area contributed by atoms with Crippen molar-refractivity contribution in [1.82, 2.24) is 0 Å². The summed E-state index contributed by atoms with van der Waals surface area (Å²) in [7, 11) is 0. The number of carbonyl (C=O) groups excluding carboxylic acids is 2. The van der Waals surface area contributed by atoms with Gasteiger partial charge >= 0.3 is 0 Å². The SMILES string of the molecule is CCN(CC)c1ccc([C@@H]2Nc3ccc(C(=O)c4ccccc4)cc3NC3=C2C(=O)CCC3)cc1. The van der Waals surface area contributed by atoms with Crippen LogP contribution in [-0.2, 0) is 4.79 Å². The summed E-state index contributed by atoms with van der Waals surface area (Å²) in [6.45, 7) is 6.21. The zero-order valence-corrected chi connectivity index (χ0v) is 20.3. The minimum absolute atomic E-state index is 0.0167. The number of fused-ring (bicyclic) bond motifs is 1. The zero-order chi connectivity index (χ0) is 24.4. The third-order valence-electron chi connectivity index (χ3n) is 7.00. The molecule has 1 aliphatic heterocycles. The zero-order valence-electron chi connectivity index (χ0n) is 20.3. The average molecular weight is 466 g/mol. The molecule has 5 heteroatoms. The van der Waals surface area contributed by atoms with E-state index in [4.69, 9.17) is 0 Å². The maximum atomic E-state index is 13.1. The third kappa shape index (κ3) is 4.46. The Balaban J connectivity index is 1.53. The molecule has 2 aliphatic rings. The molecule has 0 aromatic heterocycles. The number of Topliss-reactive ketones (excluding diaryl/α,β-unsaturated/α-hetero) is 1. The number of carbonyl (C=O) groups is 2. The van der Waals surface area contributed by atoms with E-state index in [0.29, 0.717) is 17.5 Å². The number of nitrogens with zero attached hydrogens (tertiary/aromatic N) is 1. The summed E-state index contributed by atoms with van der Waals surface area (Å²) in [6.07, 6.45) is 2.20. The lowest BCUT2D eigenvalue weighted by atomic mass is 9.86. The number of ketones is 2. The number of hydrogen-bond donors (Lipinski definition) is 2. The molecule has 3 aromatic rings. The number of hydrogen-bond acceptors (Lipinski definition) is 5. The highest BCUT2D eigenvalue weighted by Crippen LogP contribution is 2.41. The van der Waals surface area contributed by atoms with Gasteiger partial charge in [-0.15, -0.1) is 0 Å². The van der Waals surface area contributed by atoms with Crippen molar-refractivity contribution >= 4 is 28.6 Å². The summed E-state index contributed by atoms with van der Waals surface area (Å²) in [5.74, 6) is 0.161. The standard InChI is InChI=1S/C30H31N3O2/c1-3-33(4-2)23-16-13-20(14-17-23)29-28-25(11-8-12-27(28)34)31-26-19-22(15-18-24(26)32-29)30(35)21-9-6-5-7-10-21/h5-7,9-10,13-19,29,31-32H,3-4,8,11-12H2,1-2H3/t29-/m0/s1. The smallest absolute Gasteiger partial charge is 0.193 e. The molecule has 0 spiro atoms. The van der Waals surface area contributed by atoms with Gasteiger partial charge in [0.15, 0.2) is 11.6 Å². The van der Waals surface area contributed by atoms with Crippen LogP contribution in [0.15, 0.2) is 84.1 Å². The highest BCUT2D eigenvalue weighted by molar-refractivity contribution is 6.10. The summed E-state index contributed by atoms with van der Waals surface area (Å²) >= 11 is 0. The number of rotatable bonds is 6. The quantitative estimate of drug-likeness (QED) is 0.416. The van der Waals surface area contributed by atoms with E-state index in [1.54, 1.807) is 0 Å². The normalized spacial score (nSPS) is 17.0. The number of allylic oxidation sites excluding steroid dienone is 1. The third-order valence-corrected chi connectivity index (χ3v) is 7.00. The molecular formula is C30H31N3O2. The molecule has 1 aliphatic carbocycles. The Kier molecular flexibility index (Phi) is 6.41. The molecule has 178 valence electrons. The van der Waals surface area contributed by atoms with E-state index < -0.39 is 0 Å². The van der Waals surface area contributed by atoms with Crippen LogP contribution in [0.3, 0.4) is 0 Å². The van der Waals surface area contributed by atoms with Crippen LogP contribution in [0.4, 0.5) is 17.1 Å². The van der Waals surface area contributed by atoms with Crippen LogP contribution in [0.1, 0.15) is 60.6 Å². The van der Waals surface area contributed by atoms with E-state index in [0.717, 1.165) is 54.1 Å². The Labute approximate surface area is 206 Å². The fourth-order valence-electron chi connectivity index (χ4n) is 5.11. The van der Waals surface area contributed by atoms with Gasteiger partial charge in [0.25, 0.3) is 0 Å². The van der Waals surface area contributed by atoms with E-state index in [-0.39, 0.29) is 17.6 Å². The van der Waals surface area contributed by atoms with Gasteiger partial charge in [-0.05, 0) is 62.6 Å². The Hall–Kier alpha value is -3.86. The minimum atomic E-state index is -0.243. The second kappa shape index (κ2) is 9.79. The topological polar surface area (TPSA) is 61.4 Å². The summed E-state index contributed by atoms with van der Waals surface area (Å²) < 4.78 is 0. The van der Waals surface area contributed by atoms with Gasteiger partial charge in [0.1, 0.15) is 0 Å². The minimum Gasteiger partial charge on any atom is -0.372 e. The summed E-state index contributed by atoms with van der Waals surface area (Å²) in [5.41, 5.74) is 6.99. The monoisotopic (exact) mass is 465 g/mol. The molecule has 0 saturated carbocycles. The predicted octanol–water partition coefficient (Wildman–Crippen LogP) is 6.35. The lowest BCUT2D eigenvalue weighted by Crippen LogP contribution is -2.24. The molecule has 1 heterocycles. The molecular weight excluding hydrogens is 434 g/mol. The molecule has 35 heavy (non-hydrogen) atoms. The van der Waals surface area contributed by atoms with Crippen molar-refractivity contribution in [3.05, 3.63) is 101 Å². The molecule has 0 unspecified atom stereocenters. The second-order valence-corrected chi connectivity index (χ2v) is 9.09. The second-order valence-electron chi connectivity index (χ2n) is 9.09. The van der Waals surface area contributed by atoms with Gasteiger partial charge in [0.05, 0.1) is 17.4 Å². The first kappa shape index (κ1) is 22.9. The largest absolute Gasteiger partial charge is 0.372 e. The first-order valence-corrected chi connectivity index (χ1v) is 12.5. The van der Waals surface area contributed by atoms with Crippen LogP contribution in [0, 0.1) is 0 Å². The molecule has 1 atom stereocenters. The van der Waals surface area contributed by atoms with Gasteiger partial charge in [-0.25, -0.2) is 0 Å². The molecule has 0 amide bonds. The van der Waals surface area contributed by atoms with Gasteiger partial charge in [0, 0.05) is 47.6 Å². The van der Waals surface area contributed by atoms with Crippen molar-refractivity contribution < 1.29 is 9.59 Å². The first-order valence-electron chi connectivity index (χ1n) is 12.5. The summed E-state index contributed by atoms with van der Waals surface area (Å²) in [4.78, 5) is 28.5. The Morgan fingerprint density at radius 3 is 2.34 bits per heavy atom. The Morgan fingerprint density at radius 1 is 0.886 bits per heavy atom. The van der Waals surface area contributed by atoms with Gasteiger partial charge < -0.3 is 15.5 Å². The highest BCUT2D eigenvalue weighted by atomic mass is 16.1. The molecule has 5 rings (SSSR count). The molecule has 0 radical (unpaired) electrons. The fourth-order valence-corrected chi connectivity index (χ4v) is 5.11. The lowest BCUT2D eigenvalue weighted by molar-refractivity contribution is -0.116. The number of benzene rings is 3. The fraction of sp³-hybridized carbons (Fsp3) is 0.267. The van der Waals surface area contributed by atoms with E-state index in [1.165, 1.54) is 5.69 Å². The van der Waals surface area contributed by atoms with Gasteiger partial charge in [-0.2, -0.15) is 0 Å². The summed E-state index contributed by atoms with van der Waals surface area (Å²) in [5, 5.41) is 7.14.